The van der Waals surface area contributed by atoms with Crippen molar-refractivity contribution in [3.63, 3.8) is 0 Å². The Hall–Kier alpha value is -3.27. The Morgan fingerprint density at radius 1 is 0.873 bits per heavy atom. The number of ether oxygens (including phenoxy) is 2. The van der Waals surface area contributed by atoms with E-state index in [9.17, 15) is 29.5 Å². The summed E-state index contributed by atoms with van der Waals surface area (Å²) >= 11 is 0. The lowest BCUT2D eigenvalue weighted by atomic mass is 10.1. The van der Waals surface area contributed by atoms with E-state index in [0.717, 1.165) is 38.5 Å². The molecule has 2 rings (SSSR count). The van der Waals surface area contributed by atoms with Crippen molar-refractivity contribution in [1.82, 2.24) is 10.3 Å². The van der Waals surface area contributed by atoms with E-state index in [1.165, 1.54) is 44.6 Å². The molecule has 0 fully saturated rings. The highest BCUT2D eigenvalue weighted by atomic mass is 31.2. The molecule has 1 heterocycles. The second-order valence-electron chi connectivity index (χ2n) is 14.8. The van der Waals surface area contributed by atoms with E-state index >= 15 is 0 Å². The molecule has 0 aliphatic rings. The molecule has 0 saturated carbocycles. The molecule has 0 aliphatic heterocycles. The zero-order valence-corrected chi connectivity index (χ0v) is 34.3. The highest BCUT2D eigenvalue weighted by molar-refractivity contribution is 7.52. The number of phosphoric ester groups is 1. The number of quaternary nitrogens is 1. The molecular formula is C38H66N5O11P+2. The van der Waals surface area contributed by atoms with Crippen LogP contribution < -0.4 is 10.2 Å². The highest BCUT2D eigenvalue weighted by Gasteiger charge is 2.31. The van der Waals surface area contributed by atoms with Crippen LogP contribution in [0.5, 0.6) is 0 Å². The van der Waals surface area contributed by atoms with Gasteiger partial charge in [-0.1, -0.05) is 76.9 Å². The summed E-state index contributed by atoms with van der Waals surface area (Å²) in [5, 5.41) is 19.8. The van der Waals surface area contributed by atoms with Crippen LogP contribution in [0.2, 0.25) is 0 Å². The predicted octanol–water partition coefficient (Wildman–Crippen LogP) is 7.26. The summed E-state index contributed by atoms with van der Waals surface area (Å²) in [5.41, 5.74) is 0.888. The number of hydrogen-bond donors (Lipinski definition) is 3. The van der Waals surface area contributed by atoms with Crippen molar-refractivity contribution in [3.8, 4) is 0 Å². The summed E-state index contributed by atoms with van der Waals surface area (Å²) in [6.45, 7) is 2.39. The van der Waals surface area contributed by atoms with Crippen LogP contribution in [0.4, 0.5) is 11.4 Å². The van der Waals surface area contributed by atoms with Gasteiger partial charge in [-0.3, -0.25) is 9.59 Å². The topological polar surface area (TPSA) is 206 Å². The first-order valence-corrected chi connectivity index (χ1v) is 21.4. The Balaban J connectivity index is 1.70. The lowest BCUT2D eigenvalue weighted by Gasteiger charge is -2.26. The smallest absolute Gasteiger partial charge is 0.377 e. The Morgan fingerprint density at radius 3 is 2.13 bits per heavy atom. The fraction of sp³-hybridized carbons (Fsp3) is 0.737. The maximum atomic E-state index is 12.7. The molecule has 312 valence electrons. The maximum Gasteiger partial charge on any atom is 0.377 e. The SMILES string of the molecule is CCCCCCCC/C=C\CCCCCCCC(=O)OC[C@H](CO[P+]([O-])(O)OCC[N+](C)(C)C)OC(=O)CCCCCNc1ccc([N+](=O)O)c2nonc12. The Morgan fingerprint density at radius 2 is 1.47 bits per heavy atom. The van der Waals surface area contributed by atoms with Gasteiger partial charge in [0.25, 0.3) is 4.92 Å². The lowest BCUT2D eigenvalue weighted by molar-refractivity contribution is -0.870. The first-order valence-electron chi connectivity index (χ1n) is 19.9. The number of fused-ring (bicyclic) bond motifs is 1. The molecule has 1 aromatic heterocycles. The minimum absolute atomic E-state index is 0.0192. The zero-order chi connectivity index (χ0) is 40.4. The average molecular weight is 800 g/mol. The molecule has 0 bridgehead atoms. The highest BCUT2D eigenvalue weighted by Crippen LogP contribution is 2.47. The largest absolute Gasteiger partial charge is 0.606 e. The first-order chi connectivity index (χ1) is 26.3. The molecule has 2 aromatic rings. The monoisotopic (exact) mass is 799 g/mol. The van der Waals surface area contributed by atoms with Crippen molar-refractivity contribution in [3.05, 3.63) is 29.2 Å². The van der Waals surface area contributed by atoms with Gasteiger partial charge in [-0.15, -0.1) is 0 Å². The van der Waals surface area contributed by atoms with E-state index < -0.39 is 32.8 Å². The fourth-order valence-electron chi connectivity index (χ4n) is 5.55. The summed E-state index contributed by atoms with van der Waals surface area (Å²) in [4.78, 5) is 58.9. The molecule has 16 nitrogen and oxygen atoms in total. The number of aromatic nitrogens is 2. The quantitative estimate of drug-likeness (QED) is 0.0162. The number of phosphoric acid groups is 1. The third kappa shape index (κ3) is 22.8. The summed E-state index contributed by atoms with van der Waals surface area (Å²) in [5.74, 6) is -1.00. The standard InChI is InChI=1S/C38H65N5O11P/c1-5-6-7-8-9-10-11-12-13-14-15-16-17-18-20-23-35(44)50-30-32(31-52-55(48,49)51-29-28-43(2,3)4)53-36(45)24-21-19-22-27-39-33-25-26-34(42(46)47)38-37(33)40-54-41-38/h12-13,25-26,32H,5-11,14-24,27-31H2,1-4H3,(H2-,39,41,46,47,48,49)/q+1/p+1/b13-12-/t32-/m1/s1. The van der Waals surface area contributed by atoms with E-state index in [-0.39, 0.29) is 42.2 Å². The van der Waals surface area contributed by atoms with E-state index in [1.54, 1.807) is 6.07 Å². The number of rotatable bonds is 33. The molecule has 1 aromatic carbocycles. The lowest BCUT2D eigenvalue weighted by Crippen LogP contribution is -2.38. The Bertz CT molecular complexity index is 1420. The predicted molar refractivity (Wildman–Crippen MR) is 208 cm³/mol. The molecule has 55 heavy (non-hydrogen) atoms. The third-order valence-electron chi connectivity index (χ3n) is 8.78. The summed E-state index contributed by atoms with van der Waals surface area (Å²) in [7, 11) is 1.30. The van der Waals surface area contributed by atoms with Crippen LogP contribution in [0.25, 0.3) is 11.0 Å². The van der Waals surface area contributed by atoms with E-state index in [1.807, 2.05) is 21.1 Å². The molecule has 1 unspecified atom stereocenters. The molecule has 0 saturated heterocycles. The fourth-order valence-corrected chi connectivity index (χ4v) is 6.29. The van der Waals surface area contributed by atoms with Gasteiger partial charge in [0.1, 0.15) is 26.4 Å². The summed E-state index contributed by atoms with van der Waals surface area (Å²) in [6.07, 6.45) is 20.6. The van der Waals surface area contributed by atoms with Crippen LogP contribution in [0.1, 0.15) is 122 Å². The van der Waals surface area contributed by atoms with E-state index in [0.29, 0.717) is 54.5 Å². The molecule has 3 N–H and O–H groups in total. The normalized spacial score (nSPS) is 13.6. The molecule has 0 radical (unpaired) electrons. The van der Waals surface area contributed by atoms with Gasteiger partial charge < -0.3 is 24.2 Å². The Kier molecular flexibility index (Phi) is 23.8. The molecule has 2 atom stereocenters. The number of nitrogens with one attached hydrogen (secondary N) is 1. The van der Waals surface area contributed by atoms with Crippen LogP contribution >= 0.6 is 8.17 Å². The Labute approximate surface area is 326 Å². The van der Waals surface area contributed by atoms with Crippen LogP contribution in [0.3, 0.4) is 0 Å². The number of nitrogens with zero attached hydrogens (tertiary/aromatic N) is 4. The number of unbranched alkanes of at least 4 members (excludes halogenated alkanes) is 13. The summed E-state index contributed by atoms with van der Waals surface area (Å²) in [6, 6.07) is 2.97. The molecule has 0 spiro atoms. The zero-order valence-electron chi connectivity index (χ0n) is 33.5. The van der Waals surface area contributed by atoms with Crippen molar-refractivity contribution < 1.29 is 57.1 Å². The van der Waals surface area contributed by atoms with Gasteiger partial charge in [0, 0.05) is 25.5 Å². The van der Waals surface area contributed by atoms with Crippen molar-refractivity contribution in [2.45, 2.75) is 129 Å². The van der Waals surface area contributed by atoms with Gasteiger partial charge >= 0.3 is 25.8 Å². The molecule has 0 amide bonds. The van der Waals surface area contributed by atoms with Crippen LogP contribution in [-0.4, -0.2) is 102 Å². The number of likely N-dealkylation sites (N-methyl/N-ethyl adjacent to an activating group) is 1. The van der Waals surface area contributed by atoms with Crippen LogP contribution in [0, 0.1) is 4.91 Å². The minimum Gasteiger partial charge on any atom is -0.606 e. The van der Waals surface area contributed by atoms with Gasteiger partial charge in [-0.05, 0) is 61.3 Å². The number of benzene rings is 1. The van der Waals surface area contributed by atoms with E-state index in [2.05, 4.69) is 34.7 Å². The number of anilines is 1. The second-order valence-corrected chi connectivity index (χ2v) is 16.3. The molecular weight excluding hydrogens is 733 g/mol. The molecule has 0 aliphatic carbocycles. The van der Waals surface area contributed by atoms with Gasteiger partial charge in [0.05, 0.1) is 31.7 Å². The number of esters is 2. The van der Waals surface area contributed by atoms with Gasteiger partial charge in [-0.25, -0.2) is 9.84 Å². The van der Waals surface area contributed by atoms with E-state index in [4.69, 9.17) is 23.2 Å². The van der Waals surface area contributed by atoms with Gasteiger partial charge in [0.2, 0.25) is 5.52 Å². The van der Waals surface area contributed by atoms with Crippen LogP contribution in [0.15, 0.2) is 28.9 Å². The van der Waals surface area contributed by atoms with Gasteiger partial charge in [-0.2, -0.15) is 13.9 Å². The molecule has 17 heteroatoms. The maximum absolute atomic E-state index is 12.7. The van der Waals surface area contributed by atoms with Crippen molar-refractivity contribution in [1.29, 1.82) is 0 Å². The van der Waals surface area contributed by atoms with Crippen molar-refractivity contribution in [2.24, 2.45) is 0 Å². The number of carbonyl (C=O) groups excluding carboxylic acids is 2. The number of carbonyl (C=O) groups is 2. The summed E-state index contributed by atoms with van der Waals surface area (Å²) < 4.78 is 26.3. The van der Waals surface area contributed by atoms with Crippen LogP contribution in [-0.2, 0) is 28.1 Å². The minimum atomic E-state index is -4.45. The average Bonchev–Trinajstić information content (AvgIpc) is 3.62. The van der Waals surface area contributed by atoms with Gasteiger partial charge in [0.15, 0.2) is 11.6 Å². The first kappa shape index (κ1) is 47.9. The van der Waals surface area contributed by atoms with Crippen molar-refractivity contribution >= 4 is 42.5 Å². The van der Waals surface area contributed by atoms with Crippen molar-refractivity contribution in [2.75, 3.05) is 59.4 Å². The number of hydrogen-bond acceptors (Lipinski definition) is 13. The third-order valence-corrected chi connectivity index (χ3v) is 9.77. The number of allylic oxidation sites excluding steroid dienone is 2. The second kappa shape index (κ2) is 27.3.